The van der Waals surface area contributed by atoms with Gasteiger partial charge >= 0.3 is 0 Å². The quantitative estimate of drug-likeness (QED) is 0.234. The number of hydrogen-bond acceptors (Lipinski definition) is 2. The van der Waals surface area contributed by atoms with Gasteiger partial charge in [-0.3, -0.25) is 9.00 Å². The third-order valence-corrected chi connectivity index (χ3v) is 4.77. The molecule has 0 aliphatic carbocycles. The van der Waals surface area contributed by atoms with Crippen LogP contribution in [0.3, 0.4) is 0 Å². The van der Waals surface area contributed by atoms with Crippen LogP contribution in [0.5, 0.6) is 0 Å². The number of hydrogen-bond donors (Lipinski definition) is 0. The minimum Gasteiger partial charge on any atom is -0.294 e. The minimum atomic E-state index is -3.09. The zero-order valence-electron chi connectivity index (χ0n) is 14.8. The molecule has 172 valence electrons. The number of benzene rings is 2. The van der Waals surface area contributed by atoms with Crippen molar-refractivity contribution >= 4 is 28.7 Å². The number of carbonyl (C=O) groups excluding carboxylic acids is 1. The van der Waals surface area contributed by atoms with E-state index < -0.39 is 96.8 Å². The number of rotatable bonds is 6. The van der Waals surface area contributed by atoms with Crippen molar-refractivity contribution in [3.8, 4) is 0 Å². The van der Waals surface area contributed by atoms with Crippen LogP contribution in [0.15, 0.2) is 11.2 Å². The molecule has 0 aromatic heterocycles. The molecule has 0 radical (unpaired) electrons. The number of allylic oxidation sites excluding steroid dienone is 1. The Labute approximate surface area is 173 Å². The van der Waals surface area contributed by atoms with Gasteiger partial charge in [0.2, 0.25) is 11.6 Å². The summed E-state index contributed by atoms with van der Waals surface area (Å²) in [6, 6.07) is 0. The van der Waals surface area contributed by atoms with Crippen molar-refractivity contribution in [2.75, 3.05) is 5.75 Å². The Kier molecular flexibility index (Phi) is 7.59. The fraction of sp³-hybridized carbons (Fsp3) is 0.0556. The van der Waals surface area contributed by atoms with E-state index in [2.05, 4.69) is 0 Å². The van der Waals surface area contributed by atoms with E-state index in [1.54, 1.807) is 0 Å². The predicted molar refractivity (Wildman–Crippen MR) is 88.6 cm³/mol. The first-order valence-electron chi connectivity index (χ1n) is 7.78. The third kappa shape index (κ3) is 4.74. The highest BCUT2D eigenvalue weighted by Crippen LogP contribution is 2.26. The first kappa shape index (κ1) is 25.2. The molecule has 0 aliphatic heterocycles. The first-order valence-corrected chi connectivity index (χ1v) is 9.10. The van der Waals surface area contributed by atoms with Crippen LogP contribution in [-0.4, -0.2) is 15.7 Å². The molecule has 14 heteroatoms. The van der Waals surface area contributed by atoms with Crippen molar-refractivity contribution < 1.29 is 57.3 Å². The van der Waals surface area contributed by atoms with E-state index in [9.17, 15) is 57.3 Å². The van der Waals surface area contributed by atoms with Crippen molar-refractivity contribution in [3.05, 3.63) is 80.5 Å². The molecule has 0 saturated carbocycles. The maximum Gasteiger partial charge on any atom is 0.200 e. The van der Waals surface area contributed by atoms with Crippen LogP contribution < -0.4 is 0 Å². The number of carbonyl (C=O) groups is 1. The van der Waals surface area contributed by atoms with Crippen molar-refractivity contribution in [2.45, 2.75) is 0 Å². The maximum absolute atomic E-state index is 13.9. The zero-order valence-corrected chi connectivity index (χ0v) is 15.6. The topological polar surface area (TPSA) is 34.1 Å². The van der Waals surface area contributed by atoms with Gasteiger partial charge in [0.15, 0.2) is 57.5 Å². The van der Waals surface area contributed by atoms with Crippen LogP contribution in [0.25, 0.3) is 12.2 Å². The summed E-state index contributed by atoms with van der Waals surface area (Å²) in [5, 5.41) is -2.02. The van der Waals surface area contributed by atoms with Gasteiger partial charge in [-0.2, -0.15) is 4.39 Å². The van der Waals surface area contributed by atoms with Crippen LogP contribution in [0.4, 0.5) is 48.3 Å². The van der Waals surface area contributed by atoms with Crippen molar-refractivity contribution in [1.29, 1.82) is 0 Å². The van der Waals surface area contributed by atoms with E-state index in [0.29, 0.717) is 0 Å². The molecular weight excluding hydrogens is 489 g/mol. The monoisotopic (exact) mass is 494 g/mol. The van der Waals surface area contributed by atoms with Crippen LogP contribution in [0.1, 0.15) is 11.1 Å². The van der Waals surface area contributed by atoms with E-state index in [4.69, 9.17) is 0 Å². The molecule has 0 heterocycles. The van der Waals surface area contributed by atoms with Gasteiger partial charge in [-0.25, -0.2) is 43.9 Å². The maximum atomic E-state index is 13.9. The summed E-state index contributed by atoms with van der Waals surface area (Å²) in [6.07, 6.45) is -0.0449. The Balaban J connectivity index is 2.27. The molecule has 2 aromatic rings. The predicted octanol–water partition coefficient (Wildman–Crippen LogP) is 5.38. The van der Waals surface area contributed by atoms with Gasteiger partial charge in [0.05, 0.1) is 27.7 Å². The molecule has 0 amide bonds. The molecule has 0 fully saturated rings. The summed E-state index contributed by atoms with van der Waals surface area (Å²) in [4.78, 5) is 11.6. The molecule has 0 saturated heterocycles. The van der Waals surface area contributed by atoms with Crippen molar-refractivity contribution in [1.82, 2.24) is 0 Å². The van der Waals surface area contributed by atoms with Gasteiger partial charge in [0.25, 0.3) is 0 Å². The second kappa shape index (κ2) is 9.63. The van der Waals surface area contributed by atoms with Crippen molar-refractivity contribution in [2.24, 2.45) is 0 Å². The van der Waals surface area contributed by atoms with Gasteiger partial charge in [-0.05, 0) is 18.2 Å². The van der Waals surface area contributed by atoms with Gasteiger partial charge in [-0.1, -0.05) is 0 Å². The molecule has 1 atom stereocenters. The number of halogens is 11. The lowest BCUT2D eigenvalue weighted by atomic mass is 10.1. The lowest BCUT2D eigenvalue weighted by Gasteiger charge is -2.05. The normalized spacial score (nSPS) is 13.2. The molecule has 0 N–H and O–H groups in total. The molecule has 0 spiro atoms. The Morgan fingerprint density at radius 2 is 0.969 bits per heavy atom. The molecule has 0 aliphatic rings. The standard InChI is InChI=1S/C18H5F11O2S/c19-8(3-7-11(22)15(26)18(29)16(27)12(7)23)32(31)4-5(30)1-2-6-9(20)13(24)17(28)14(25)10(6)21/h1-3H,4H2. The molecule has 2 nitrogen and oxygen atoms in total. The number of ketones is 1. The van der Waals surface area contributed by atoms with Gasteiger partial charge in [-0.15, -0.1) is 0 Å². The molecule has 2 rings (SSSR count). The summed E-state index contributed by atoms with van der Waals surface area (Å²) in [6.45, 7) is 0. The molecule has 2 aromatic carbocycles. The highest BCUT2D eigenvalue weighted by molar-refractivity contribution is 7.89. The molecule has 1 unspecified atom stereocenters. The van der Waals surface area contributed by atoms with Crippen molar-refractivity contribution in [3.63, 3.8) is 0 Å². The Morgan fingerprint density at radius 1 is 0.625 bits per heavy atom. The summed E-state index contributed by atoms with van der Waals surface area (Å²) >= 11 is 0. The van der Waals surface area contributed by atoms with Crippen LogP contribution in [0, 0.1) is 58.2 Å². The van der Waals surface area contributed by atoms with E-state index >= 15 is 0 Å². The Morgan fingerprint density at radius 3 is 1.38 bits per heavy atom. The molecular formula is C18H5F11O2S. The average molecular weight is 494 g/mol. The van der Waals surface area contributed by atoms with E-state index in [0.717, 1.165) is 0 Å². The van der Waals surface area contributed by atoms with Crippen LogP contribution in [0.2, 0.25) is 0 Å². The third-order valence-electron chi connectivity index (χ3n) is 3.67. The average Bonchev–Trinajstić information content (AvgIpc) is 2.76. The van der Waals surface area contributed by atoms with Gasteiger partial charge < -0.3 is 0 Å². The van der Waals surface area contributed by atoms with Crippen LogP contribution in [-0.2, 0) is 15.6 Å². The Hall–Kier alpha value is -3.03. The second-order valence-electron chi connectivity index (χ2n) is 5.71. The highest BCUT2D eigenvalue weighted by Gasteiger charge is 2.26. The fourth-order valence-corrected chi connectivity index (χ4v) is 2.86. The van der Waals surface area contributed by atoms with Gasteiger partial charge in [0.1, 0.15) is 0 Å². The van der Waals surface area contributed by atoms with Gasteiger partial charge in [0, 0.05) is 0 Å². The summed E-state index contributed by atoms with van der Waals surface area (Å²) in [5.41, 5.74) is -3.34. The first-order chi connectivity index (χ1) is 14.8. The Bertz CT molecular complexity index is 1150. The zero-order chi connectivity index (χ0) is 24.5. The highest BCUT2D eigenvalue weighted by atomic mass is 32.2. The van der Waals surface area contributed by atoms with E-state index in [-0.39, 0.29) is 18.2 Å². The summed E-state index contributed by atoms with van der Waals surface area (Å²) < 4.78 is 158. The fourth-order valence-electron chi connectivity index (χ4n) is 2.12. The van der Waals surface area contributed by atoms with E-state index in [1.165, 1.54) is 0 Å². The lowest BCUT2D eigenvalue weighted by molar-refractivity contribution is -0.112. The summed E-state index contributed by atoms with van der Waals surface area (Å²) in [7, 11) is -3.09. The molecule has 0 bridgehead atoms. The molecule has 32 heavy (non-hydrogen) atoms. The summed E-state index contributed by atoms with van der Waals surface area (Å²) in [5.74, 6) is -26.8. The smallest absolute Gasteiger partial charge is 0.200 e. The minimum absolute atomic E-state index is 0.113. The largest absolute Gasteiger partial charge is 0.294 e. The SMILES string of the molecule is O=C(C=Cc1c(F)c(F)c(F)c(F)c1F)CS(=O)C(F)=Cc1c(F)c(F)c(F)c(F)c1F. The van der Waals surface area contributed by atoms with E-state index in [1.807, 2.05) is 0 Å². The lowest BCUT2D eigenvalue weighted by Crippen LogP contribution is -2.09. The van der Waals surface area contributed by atoms with Crippen LogP contribution >= 0.6 is 0 Å². The second-order valence-corrected chi connectivity index (χ2v) is 7.07.